The Morgan fingerprint density at radius 2 is 1.73 bits per heavy atom. The molecule has 1 aliphatic heterocycles. The third-order valence-electron chi connectivity index (χ3n) is 7.55. The van der Waals surface area contributed by atoms with Crippen molar-refractivity contribution in [1.29, 1.82) is 0 Å². The molecular weight excluding hydrogens is 642 g/mol. The molecule has 3 heterocycles. The molecule has 2 aromatic carbocycles. The number of amides is 1. The number of rotatable bonds is 6. The Hall–Kier alpha value is -4.22. The second-order valence-corrected chi connectivity index (χ2v) is 15.5. The summed E-state index contributed by atoms with van der Waals surface area (Å²) in [5.41, 5.74) is 6.61. The molecule has 0 spiro atoms. The van der Waals surface area contributed by atoms with E-state index in [2.05, 4.69) is 19.6 Å². The van der Waals surface area contributed by atoms with Gasteiger partial charge in [-0.05, 0) is 43.2 Å². The minimum atomic E-state index is -4.83. The summed E-state index contributed by atoms with van der Waals surface area (Å²) in [5, 5.41) is 3.33. The second kappa shape index (κ2) is 11.0. The molecule has 238 valence electrons. The van der Waals surface area contributed by atoms with Gasteiger partial charge in [0.1, 0.15) is 5.82 Å². The summed E-state index contributed by atoms with van der Waals surface area (Å²) in [6.07, 6.45) is -1.18. The van der Waals surface area contributed by atoms with Crippen LogP contribution in [0.3, 0.4) is 0 Å². The van der Waals surface area contributed by atoms with E-state index in [4.69, 9.17) is 5.73 Å². The first-order valence-electron chi connectivity index (χ1n) is 13.1. The van der Waals surface area contributed by atoms with Crippen molar-refractivity contribution >= 4 is 31.3 Å². The van der Waals surface area contributed by atoms with Gasteiger partial charge in [-0.15, -0.1) is 0 Å². The van der Waals surface area contributed by atoms with Crippen molar-refractivity contribution in [2.75, 3.05) is 16.9 Å². The van der Waals surface area contributed by atoms with Crippen LogP contribution in [0.4, 0.5) is 23.2 Å². The zero-order valence-corrected chi connectivity index (χ0v) is 25.5. The molecule has 0 radical (unpaired) electrons. The summed E-state index contributed by atoms with van der Waals surface area (Å²) in [7, 11) is -7.88. The van der Waals surface area contributed by atoms with Crippen molar-refractivity contribution in [1.82, 2.24) is 15.1 Å². The molecule has 0 unspecified atom stereocenters. The number of benzene rings is 2. The van der Waals surface area contributed by atoms with E-state index in [0.29, 0.717) is 5.56 Å². The number of sulfone groups is 2. The van der Waals surface area contributed by atoms with Crippen molar-refractivity contribution in [2.24, 2.45) is 5.73 Å². The molecule has 2 aromatic heterocycles. The van der Waals surface area contributed by atoms with Crippen molar-refractivity contribution in [3.8, 4) is 22.5 Å². The average molecular weight is 668 g/mol. The number of fused-ring (bicyclic) bond motifs is 1. The maximum Gasteiger partial charge on any atom is 0.471 e. The predicted octanol–water partition coefficient (Wildman–Crippen LogP) is 3.88. The fourth-order valence-electron chi connectivity index (χ4n) is 4.63. The third-order valence-corrected chi connectivity index (χ3v) is 11.4. The number of hydrogen-bond donors (Lipinski definition) is 1. The first kappa shape index (κ1) is 32.2. The smallest absolute Gasteiger partial charge is 0.329 e. The van der Waals surface area contributed by atoms with Crippen LogP contribution in [-0.2, 0) is 41.9 Å². The number of alkyl halides is 3. The Labute approximate surface area is 254 Å². The molecule has 17 heteroatoms. The number of carbonyl (C=O) groups is 1. The Balaban J connectivity index is 1.58. The molecule has 1 atom stereocenters. The first-order chi connectivity index (χ1) is 20.8. The highest BCUT2D eigenvalue weighted by Gasteiger charge is 2.39. The third kappa shape index (κ3) is 6.06. The second-order valence-electron chi connectivity index (χ2n) is 11.0. The molecule has 4 aromatic rings. The van der Waals surface area contributed by atoms with Crippen LogP contribution < -0.4 is 10.6 Å². The summed E-state index contributed by atoms with van der Waals surface area (Å²) in [5.74, 6) is -4.37. The van der Waals surface area contributed by atoms with Gasteiger partial charge in [-0.2, -0.15) is 18.2 Å². The minimum absolute atomic E-state index is 0.130. The highest BCUT2D eigenvalue weighted by Crippen LogP contribution is 2.39. The number of hydrogen-bond acceptors (Lipinski definition) is 10. The molecule has 0 fully saturated rings. The number of pyridine rings is 1. The fourth-order valence-corrected chi connectivity index (χ4v) is 6.74. The van der Waals surface area contributed by atoms with Gasteiger partial charge in [0, 0.05) is 35.3 Å². The van der Waals surface area contributed by atoms with Gasteiger partial charge in [0.25, 0.3) is 0 Å². The van der Waals surface area contributed by atoms with Crippen LogP contribution in [0, 0.1) is 5.82 Å². The van der Waals surface area contributed by atoms with Gasteiger partial charge in [-0.1, -0.05) is 29.4 Å². The topological polar surface area (TPSA) is 166 Å². The van der Waals surface area contributed by atoms with Gasteiger partial charge in [-0.25, -0.2) is 21.2 Å². The van der Waals surface area contributed by atoms with E-state index in [0.717, 1.165) is 17.2 Å². The van der Waals surface area contributed by atoms with Gasteiger partial charge in [0.2, 0.25) is 11.7 Å². The standard InChI is InChI=1S/C28H25F4N5O6S2/c1-27(2,44(3,39)40)18-8-17(11-34-12-18)19-9-22-23(10-20(19)29)45(41,42)14-21(33)25(38)37(22)13-15-4-6-16(7-5-15)24-35-26(43-36-24)28(30,31)32/h4-12,21H,13-14,33H2,1-3H3/t21-/m0/s1. The van der Waals surface area contributed by atoms with Crippen LogP contribution in [0.5, 0.6) is 0 Å². The van der Waals surface area contributed by atoms with E-state index in [1.807, 2.05) is 0 Å². The Morgan fingerprint density at radius 3 is 2.33 bits per heavy atom. The van der Waals surface area contributed by atoms with Crippen LogP contribution in [0.25, 0.3) is 22.5 Å². The van der Waals surface area contributed by atoms with Crippen LogP contribution in [0.1, 0.15) is 30.9 Å². The lowest BCUT2D eigenvalue weighted by Gasteiger charge is -2.25. The molecule has 5 rings (SSSR count). The molecule has 0 aliphatic carbocycles. The van der Waals surface area contributed by atoms with Crippen molar-refractivity contribution in [3.05, 3.63) is 77.7 Å². The van der Waals surface area contributed by atoms with E-state index in [1.165, 1.54) is 62.6 Å². The van der Waals surface area contributed by atoms with Gasteiger partial charge >= 0.3 is 12.1 Å². The molecule has 0 saturated heterocycles. The predicted molar refractivity (Wildman–Crippen MR) is 153 cm³/mol. The van der Waals surface area contributed by atoms with E-state index < -0.39 is 64.9 Å². The number of anilines is 1. The summed E-state index contributed by atoms with van der Waals surface area (Å²) >= 11 is 0. The monoisotopic (exact) mass is 667 g/mol. The van der Waals surface area contributed by atoms with Gasteiger partial charge in [-0.3, -0.25) is 9.78 Å². The molecule has 1 amide bonds. The zero-order chi connectivity index (χ0) is 33.1. The quantitative estimate of drug-likeness (QED) is 0.298. The normalized spacial score (nSPS) is 17.2. The lowest BCUT2D eigenvalue weighted by molar-refractivity contribution is -0.159. The number of nitrogens with two attached hydrogens (primary N) is 1. The van der Waals surface area contributed by atoms with Crippen LogP contribution in [0.15, 0.2) is 64.3 Å². The van der Waals surface area contributed by atoms with Crippen molar-refractivity contribution in [3.63, 3.8) is 0 Å². The maximum atomic E-state index is 15.6. The van der Waals surface area contributed by atoms with Gasteiger partial charge < -0.3 is 15.2 Å². The zero-order valence-electron chi connectivity index (χ0n) is 23.8. The van der Waals surface area contributed by atoms with E-state index in [-0.39, 0.29) is 40.3 Å². The summed E-state index contributed by atoms with van der Waals surface area (Å²) in [6.45, 7) is 2.67. The van der Waals surface area contributed by atoms with Gasteiger partial charge in [0.05, 0.1) is 33.7 Å². The van der Waals surface area contributed by atoms with Crippen LogP contribution in [-0.4, -0.2) is 55.9 Å². The molecule has 11 nitrogen and oxygen atoms in total. The Morgan fingerprint density at radius 1 is 1.07 bits per heavy atom. The largest absolute Gasteiger partial charge is 0.471 e. The highest BCUT2D eigenvalue weighted by atomic mass is 32.2. The lowest BCUT2D eigenvalue weighted by atomic mass is 9.98. The van der Waals surface area contributed by atoms with E-state index in [9.17, 15) is 34.8 Å². The Bertz CT molecular complexity index is 2030. The SMILES string of the molecule is CC(C)(c1cncc(-c2cc3c(cc2F)S(=O)(=O)C[C@H](N)C(=O)N3Cc2ccc(-c3noc(C(F)(F)F)n3)cc2)c1)S(C)(=O)=O. The Kier molecular flexibility index (Phi) is 7.86. The number of halogens is 4. The molecule has 0 bridgehead atoms. The number of nitrogens with zero attached hydrogens (tertiary/aromatic N) is 4. The first-order valence-corrected chi connectivity index (χ1v) is 16.6. The number of carbonyl (C=O) groups excluding carboxylic acids is 1. The van der Waals surface area contributed by atoms with Crippen molar-refractivity contribution < 1.29 is 43.7 Å². The van der Waals surface area contributed by atoms with Crippen molar-refractivity contribution in [2.45, 2.75) is 42.3 Å². The highest BCUT2D eigenvalue weighted by molar-refractivity contribution is 7.92. The molecule has 0 saturated carbocycles. The van der Waals surface area contributed by atoms with Gasteiger partial charge in [0.15, 0.2) is 19.7 Å². The maximum absolute atomic E-state index is 15.6. The summed E-state index contributed by atoms with van der Waals surface area (Å²) in [4.78, 5) is 21.4. The number of aromatic nitrogens is 3. The van der Waals surface area contributed by atoms with E-state index >= 15 is 4.39 Å². The fraction of sp³-hybridized carbons (Fsp3) is 0.286. The lowest BCUT2D eigenvalue weighted by Crippen LogP contribution is -2.45. The minimum Gasteiger partial charge on any atom is -0.329 e. The molecule has 45 heavy (non-hydrogen) atoms. The molecule has 2 N–H and O–H groups in total. The molecular formula is C28H25F4N5O6S2. The summed E-state index contributed by atoms with van der Waals surface area (Å²) < 4.78 is 108. The van der Waals surface area contributed by atoms with Crippen LogP contribution >= 0.6 is 0 Å². The molecule has 1 aliphatic rings. The van der Waals surface area contributed by atoms with E-state index in [1.54, 1.807) is 0 Å². The van der Waals surface area contributed by atoms with Crippen LogP contribution in [0.2, 0.25) is 0 Å². The summed E-state index contributed by atoms with van der Waals surface area (Å²) in [6, 6.07) is 7.57. The average Bonchev–Trinajstić information content (AvgIpc) is 3.44.